The Morgan fingerprint density at radius 3 is 2.90 bits per heavy atom. The molecule has 1 aliphatic heterocycles. The number of hydrogen-bond acceptors (Lipinski definition) is 4. The average Bonchev–Trinajstić information content (AvgIpc) is 3.12. The largest absolute Gasteiger partial charge is 0.493 e. The van der Waals surface area contributed by atoms with Crippen molar-refractivity contribution < 1.29 is 9.53 Å². The summed E-state index contributed by atoms with van der Waals surface area (Å²) in [5.41, 5.74) is 5.26. The maximum absolute atomic E-state index is 12.7. The highest BCUT2D eigenvalue weighted by Gasteiger charge is 2.23. The van der Waals surface area contributed by atoms with Crippen LogP contribution < -0.4 is 10.1 Å². The monoisotopic (exact) mass is 392 g/mol. The van der Waals surface area contributed by atoms with E-state index in [0.717, 1.165) is 40.0 Å². The van der Waals surface area contributed by atoms with Crippen LogP contribution in [0.2, 0.25) is 0 Å². The Bertz CT molecular complexity index is 1050. The van der Waals surface area contributed by atoms with Gasteiger partial charge in [0.15, 0.2) is 5.65 Å². The molecule has 1 N–H and O–H groups in total. The topological polar surface area (TPSA) is 69.0 Å². The molecular weight excluding hydrogens is 364 g/mol. The SMILES string of the molecule is Cc1nc2c(cnn2C(C)C)c(C)c1CCC(=O)N[C@H]1CCOc2ccccc21. The second-order valence-corrected chi connectivity index (χ2v) is 8.02. The second-order valence-electron chi connectivity index (χ2n) is 8.02. The van der Waals surface area contributed by atoms with Crippen LogP contribution in [0.25, 0.3) is 11.0 Å². The van der Waals surface area contributed by atoms with Crippen LogP contribution in [0.1, 0.15) is 61.2 Å². The highest BCUT2D eigenvalue weighted by molar-refractivity contribution is 5.81. The lowest BCUT2D eigenvalue weighted by molar-refractivity contribution is -0.122. The van der Waals surface area contributed by atoms with Gasteiger partial charge in [0.05, 0.1) is 18.8 Å². The first kappa shape index (κ1) is 19.4. The van der Waals surface area contributed by atoms with Crippen LogP contribution in [0.4, 0.5) is 0 Å². The number of nitrogens with zero attached hydrogens (tertiary/aromatic N) is 3. The number of amides is 1. The molecule has 0 bridgehead atoms. The van der Waals surface area contributed by atoms with Gasteiger partial charge in [0.25, 0.3) is 0 Å². The Balaban J connectivity index is 1.48. The number of hydrogen-bond donors (Lipinski definition) is 1. The Hall–Kier alpha value is -2.89. The normalized spacial score (nSPS) is 16.0. The molecule has 0 saturated heterocycles. The molecule has 3 aromatic rings. The Morgan fingerprint density at radius 1 is 1.31 bits per heavy atom. The minimum absolute atomic E-state index is 0.0134. The minimum atomic E-state index is 0.0134. The zero-order valence-corrected chi connectivity index (χ0v) is 17.5. The molecule has 29 heavy (non-hydrogen) atoms. The lowest BCUT2D eigenvalue weighted by Crippen LogP contribution is -2.32. The van der Waals surface area contributed by atoms with Crippen molar-refractivity contribution in [3.05, 3.63) is 52.8 Å². The fourth-order valence-corrected chi connectivity index (χ4v) is 4.14. The standard InChI is InChI=1S/C23H28N4O2/c1-14(2)27-23-19(13-24-27)15(3)17(16(4)25-23)9-10-22(28)26-20-11-12-29-21-8-6-5-7-18(20)21/h5-8,13-14,20H,9-12H2,1-4H3,(H,26,28)/t20-/m0/s1. The van der Waals surface area contributed by atoms with E-state index in [9.17, 15) is 4.79 Å². The molecule has 0 unspecified atom stereocenters. The van der Waals surface area contributed by atoms with Gasteiger partial charge in [-0.2, -0.15) is 5.10 Å². The van der Waals surface area contributed by atoms with Crippen molar-refractivity contribution >= 4 is 16.9 Å². The Labute approximate surface area is 171 Å². The molecule has 0 spiro atoms. The molecule has 4 rings (SSSR count). The molecule has 6 heteroatoms. The Morgan fingerprint density at radius 2 is 2.10 bits per heavy atom. The van der Waals surface area contributed by atoms with E-state index in [1.54, 1.807) is 0 Å². The number of pyridine rings is 1. The van der Waals surface area contributed by atoms with E-state index in [0.29, 0.717) is 19.4 Å². The smallest absolute Gasteiger partial charge is 0.220 e. The summed E-state index contributed by atoms with van der Waals surface area (Å²) in [4.78, 5) is 17.5. The van der Waals surface area contributed by atoms with E-state index in [-0.39, 0.29) is 18.0 Å². The first-order chi connectivity index (χ1) is 14.0. The zero-order valence-electron chi connectivity index (χ0n) is 17.5. The third-order valence-corrected chi connectivity index (χ3v) is 5.72. The number of carbonyl (C=O) groups excluding carboxylic acids is 1. The van der Waals surface area contributed by atoms with Gasteiger partial charge in [-0.1, -0.05) is 18.2 Å². The van der Waals surface area contributed by atoms with Gasteiger partial charge in [0.2, 0.25) is 5.91 Å². The van der Waals surface area contributed by atoms with Gasteiger partial charge in [-0.3, -0.25) is 4.79 Å². The van der Waals surface area contributed by atoms with E-state index in [1.165, 1.54) is 5.56 Å². The van der Waals surface area contributed by atoms with Crippen molar-refractivity contribution in [1.29, 1.82) is 0 Å². The molecule has 1 aromatic carbocycles. The van der Waals surface area contributed by atoms with Gasteiger partial charge in [0.1, 0.15) is 5.75 Å². The number of benzene rings is 1. The van der Waals surface area contributed by atoms with E-state index in [1.807, 2.05) is 42.1 Å². The quantitative estimate of drug-likeness (QED) is 0.706. The minimum Gasteiger partial charge on any atom is -0.493 e. The second kappa shape index (κ2) is 7.85. The summed E-state index contributed by atoms with van der Waals surface area (Å²) in [5.74, 6) is 0.927. The van der Waals surface area contributed by atoms with Crippen molar-refractivity contribution in [3.63, 3.8) is 0 Å². The molecule has 0 saturated carbocycles. The maximum Gasteiger partial charge on any atom is 0.220 e. The van der Waals surface area contributed by atoms with Crippen LogP contribution in [0.5, 0.6) is 5.75 Å². The number of carbonyl (C=O) groups is 1. The van der Waals surface area contributed by atoms with Gasteiger partial charge < -0.3 is 10.1 Å². The van der Waals surface area contributed by atoms with Crippen molar-refractivity contribution in [1.82, 2.24) is 20.1 Å². The van der Waals surface area contributed by atoms with Gasteiger partial charge in [0, 0.05) is 35.5 Å². The summed E-state index contributed by atoms with van der Waals surface area (Å²) >= 11 is 0. The summed E-state index contributed by atoms with van der Waals surface area (Å²) in [6, 6.07) is 8.20. The first-order valence-corrected chi connectivity index (χ1v) is 10.3. The lowest BCUT2D eigenvalue weighted by atomic mass is 9.98. The maximum atomic E-state index is 12.7. The van der Waals surface area contributed by atoms with Gasteiger partial charge in [-0.25, -0.2) is 9.67 Å². The third-order valence-electron chi connectivity index (χ3n) is 5.72. The molecule has 0 radical (unpaired) electrons. The zero-order chi connectivity index (χ0) is 20.5. The number of fused-ring (bicyclic) bond motifs is 2. The highest BCUT2D eigenvalue weighted by Crippen LogP contribution is 2.31. The summed E-state index contributed by atoms with van der Waals surface area (Å²) < 4.78 is 7.64. The average molecular weight is 393 g/mol. The molecule has 152 valence electrons. The fraction of sp³-hybridized carbons (Fsp3) is 0.435. The van der Waals surface area contributed by atoms with Crippen LogP contribution >= 0.6 is 0 Å². The number of nitrogens with one attached hydrogen (secondary N) is 1. The molecule has 1 amide bonds. The molecule has 0 aliphatic carbocycles. The number of aryl methyl sites for hydroxylation is 2. The number of aromatic nitrogens is 3. The molecule has 0 fully saturated rings. The van der Waals surface area contributed by atoms with Gasteiger partial charge in [-0.15, -0.1) is 0 Å². The predicted octanol–water partition coefficient (Wildman–Crippen LogP) is 4.20. The van der Waals surface area contributed by atoms with Gasteiger partial charge >= 0.3 is 0 Å². The number of ether oxygens (including phenoxy) is 1. The fourth-order valence-electron chi connectivity index (χ4n) is 4.14. The number of para-hydroxylation sites is 1. The Kier molecular flexibility index (Phi) is 5.26. The first-order valence-electron chi connectivity index (χ1n) is 10.3. The van der Waals surface area contributed by atoms with Crippen LogP contribution in [-0.4, -0.2) is 27.3 Å². The molecule has 3 heterocycles. The van der Waals surface area contributed by atoms with Crippen molar-refractivity contribution in [2.45, 2.75) is 59.0 Å². The van der Waals surface area contributed by atoms with Crippen molar-refractivity contribution in [2.24, 2.45) is 0 Å². The van der Waals surface area contributed by atoms with Crippen LogP contribution in [-0.2, 0) is 11.2 Å². The molecule has 1 atom stereocenters. The summed E-state index contributed by atoms with van der Waals surface area (Å²) in [6.07, 6.45) is 3.79. The summed E-state index contributed by atoms with van der Waals surface area (Å²) in [6.45, 7) is 8.95. The van der Waals surface area contributed by atoms with Crippen LogP contribution in [0.15, 0.2) is 30.5 Å². The molecule has 6 nitrogen and oxygen atoms in total. The van der Waals surface area contributed by atoms with E-state index in [2.05, 4.69) is 31.2 Å². The molecule has 2 aromatic heterocycles. The van der Waals surface area contributed by atoms with E-state index < -0.39 is 0 Å². The van der Waals surface area contributed by atoms with Crippen molar-refractivity contribution in [2.75, 3.05) is 6.61 Å². The molecular formula is C23H28N4O2. The van der Waals surface area contributed by atoms with Gasteiger partial charge in [-0.05, 0) is 51.3 Å². The van der Waals surface area contributed by atoms with Crippen molar-refractivity contribution in [3.8, 4) is 5.75 Å². The highest BCUT2D eigenvalue weighted by atomic mass is 16.5. The third kappa shape index (κ3) is 3.71. The predicted molar refractivity (Wildman–Crippen MR) is 113 cm³/mol. The van der Waals surface area contributed by atoms with Crippen LogP contribution in [0, 0.1) is 13.8 Å². The number of rotatable bonds is 5. The lowest BCUT2D eigenvalue weighted by Gasteiger charge is -2.26. The van der Waals surface area contributed by atoms with Crippen LogP contribution in [0.3, 0.4) is 0 Å². The van der Waals surface area contributed by atoms with E-state index >= 15 is 0 Å². The molecule has 1 aliphatic rings. The summed E-state index contributed by atoms with van der Waals surface area (Å²) in [5, 5.41) is 8.75. The summed E-state index contributed by atoms with van der Waals surface area (Å²) in [7, 11) is 0. The van der Waals surface area contributed by atoms with E-state index in [4.69, 9.17) is 9.72 Å².